The maximum absolute atomic E-state index is 5.53. The Hall–Kier alpha value is -0.740. The fraction of sp³-hybridized carbons (Fsp3) is 0.571. The van der Waals surface area contributed by atoms with E-state index in [9.17, 15) is 0 Å². The van der Waals surface area contributed by atoms with Gasteiger partial charge >= 0.3 is 0 Å². The first-order valence-corrected chi connectivity index (χ1v) is 6.91. The average molecular weight is 316 g/mol. The van der Waals surface area contributed by atoms with Crippen LogP contribution in [-0.4, -0.2) is 19.3 Å². The molecule has 0 spiro atoms. The number of benzene rings is 1. The molecule has 0 aliphatic rings. The van der Waals surface area contributed by atoms with Crippen LogP contribution in [0.1, 0.15) is 33.3 Å². The first-order chi connectivity index (χ1) is 8.37. The predicted octanol–water partition coefficient (Wildman–Crippen LogP) is 3.74. The third-order valence-corrected chi connectivity index (χ3v) is 3.18. The molecule has 0 saturated carbocycles. The molecule has 0 atom stereocenters. The lowest BCUT2D eigenvalue weighted by atomic mass is 10.1. The largest absolute Gasteiger partial charge is 0.493 e. The Labute approximate surface area is 118 Å². The molecule has 3 nitrogen and oxygen atoms in total. The third kappa shape index (κ3) is 4.50. The summed E-state index contributed by atoms with van der Waals surface area (Å²) in [4.78, 5) is 0. The van der Waals surface area contributed by atoms with Crippen LogP contribution < -0.4 is 14.8 Å². The summed E-state index contributed by atoms with van der Waals surface area (Å²) in [6.45, 7) is 9.81. The fourth-order valence-corrected chi connectivity index (χ4v) is 1.96. The van der Waals surface area contributed by atoms with Gasteiger partial charge in [-0.25, -0.2) is 0 Å². The first kappa shape index (κ1) is 15.3. The van der Waals surface area contributed by atoms with E-state index in [1.807, 2.05) is 19.1 Å². The van der Waals surface area contributed by atoms with Crippen molar-refractivity contribution in [2.75, 3.05) is 13.7 Å². The summed E-state index contributed by atoms with van der Waals surface area (Å²) in [7, 11) is 1.66. The second-order valence-electron chi connectivity index (χ2n) is 5.13. The Kier molecular flexibility index (Phi) is 5.47. The highest BCUT2D eigenvalue weighted by Crippen LogP contribution is 2.33. The Morgan fingerprint density at radius 3 is 2.39 bits per heavy atom. The Bertz CT molecular complexity index is 400. The van der Waals surface area contributed by atoms with E-state index < -0.39 is 0 Å². The first-order valence-electron chi connectivity index (χ1n) is 6.11. The van der Waals surface area contributed by atoms with Crippen LogP contribution in [-0.2, 0) is 6.54 Å². The van der Waals surface area contributed by atoms with Gasteiger partial charge in [0.25, 0.3) is 0 Å². The predicted molar refractivity (Wildman–Crippen MR) is 78.5 cm³/mol. The Morgan fingerprint density at radius 1 is 1.22 bits per heavy atom. The van der Waals surface area contributed by atoms with Crippen LogP contribution in [0, 0.1) is 0 Å². The number of halogens is 1. The highest BCUT2D eigenvalue weighted by atomic mass is 79.9. The molecule has 0 aromatic heterocycles. The van der Waals surface area contributed by atoms with Crippen molar-refractivity contribution >= 4 is 15.9 Å². The minimum atomic E-state index is 0.0886. The summed E-state index contributed by atoms with van der Waals surface area (Å²) in [6, 6.07) is 3.97. The molecule has 0 radical (unpaired) electrons. The van der Waals surface area contributed by atoms with Crippen molar-refractivity contribution in [3.8, 4) is 11.5 Å². The Balaban J connectivity index is 2.93. The van der Waals surface area contributed by atoms with Gasteiger partial charge in [-0.05, 0) is 45.4 Å². The van der Waals surface area contributed by atoms with Gasteiger partial charge < -0.3 is 14.8 Å². The zero-order valence-electron chi connectivity index (χ0n) is 11.8. The van der Waals surface area contributed by atoms with Crippen molar-refractivity contribution < 1.29 is 9.47 Å². The minimum Gasteiger partial charge on any atom is -0.493 e. The monoisotopic (exact) mass is 315 g/mol. The SMILES string of the molecule is CCOc1cc(Br)c(CNC(C)(C)C)cc1OC. The van der Waals surface area contributed by atoms with Crippen LogP contribution in [0.2, 0.25) is 0 Å². The number of ether oxygens (including phenoxy) is 2. The molecule has 1 aromatic rings. The molecule has 0 aliphatic heterocycles. The third-order valence-electron chi connectivity index (χ3n) is 2.44. The second-order valence-corrected chi connectivity index (χ2v) is 5.99. The maximum Gasteiger partial charge on any atom is 0.162 e. The molecule has 0 amide bonds. The molecule has 0 saturated heterocycles. The molecular formula is C14H22BrNO2. The van der Waals surface area contributed by atoms with Gasteiger partial charge in [0.15, 0.2) is 11.5 Å². The summed E-state index contributed by atoms with van der Waals surface area (Å²) >= 11 is 3.57. The van der Waals surface area contributed by atoms with Gasteiger partial charge in [0.2, 0.25) is 0 Å². The van der Waals surface area contributed by atoms with E-state index in [4.69, 9.17) is 9.47 Å². The number of nitrogens with one attached hydrogen (secondary N) is 1. The van der Waals surface area contributed by atoms with Gasteiger partial charge in [-0.3, -0.25) is 0 Å². The number of hydrogen-bond acceptors (Lipinski definition) is 3. The van der Waals surface area contributed by atoms with E-state index in [2.05, 4.69) is 42.0 Å². The lowest BCUT2D eigenvalue weighted by molar-refractivity contribution is 0.310. The zero-order valence-corrected chi connectivity index (χ0v) is 13.3. The van der Waals surface area contributed by atoms with E-state index in [0.29, 0.717) is 6.61 Å². The molecular weight excluding hydrogens is 294 g/mol. The molecule has 102 valence electrons. The molecule has 0 fully saturated rings. The van der Waals surface area contributed by atoms with Gasteiger partial charge in [-0.15, -0.1) is 0 Å². The maximum atomic E-state index is 5.53. The van der Waals surface area contributed by atoms with Crippen LogP contribution in [0.15, 0.2) is 16.6 Å². The van der Waals surface area contributed by atoms with E-state index >= 15 is 0 Å². The molecule has 4 heteroatoms. The van der Waals surface area contributed by atoms with Crippen LogP contribution >= 0.6 is 15.9 Å². The van der Waals surface area contributed by atoms with Crippen molar-refractivity contribution in [3.63, 3.8) is 0 Å². The second kappa shape index (κ2) is 6.43. The molecule has 1 rings (SSSR count). The summed E-state index contributed by atoms with van der Waals surface area (Å²) < 4.78 is 11.9. The summed E-state index contributed by atoms with van der Waals surface area (Å²) in [6.07, 6.45) is 0. The molecule has 0 heterocycles. The van der Waals surface area contributed by atoms with Crippen molar-refractivity contribution in [1.29, 1.82) is 0 Å². The van der Waals surface area contributed by atoms with Gasteiger partial charge in [-0.2, -0.15) is 0 Å². The summed E-state index contributed by atoms with van der Waals surface area (Å²) in [5, 5.41) is 3.46. The van der Waals surface area contributed by atoms with E-state index in [0.717, 1.165) is 28.1 Å². The number of hydrogen-bond donors (Lipinski definition) is 1. The molecule has 0 aliphatic carbocycles. The van der Waals surface area contributed by atoms with Crippen LogP contribution in [0.4, 0.5) is 0 Å². The minimum absolute atomic E-state index is 0.0886. The van der Waals surface area contributed by atoms with Crippen LogP contribution in [0.3, 0.4) is 0 Å². The zero-order chi connectivity index (χ0) is 13.8. The van der Waals surface area contributed by atoms with Gasteiger partial charge in [0, 0.05) is 16.6 Å². The molecule has 0 unspecified atom stereocenters. The van der Waals surface area contributed by atoms with Crippen molar-refractivity contribution in [1.82, 2.24) is 5.32 Å². The van der Waals surface area contributed by atoms with E-state index in [1.165, 1.54) is 0 Å². The lowest BCUT2D eigenvalue weighted by Gasteiger charge is -2.21. The highest BCUT2D eigenvalue weighted by molar-refractivity contribution is 9.10. The number of rotatable bonds is 5. The van der Waals surface area contributed by atoms with E-state index in [-0.39, 0.29) is 5.54 Å². The molecule has 1 N–H and O–H groups in total. The standard InChI is InChI=1S/C14H22BrNO2/c1-6-18-13-8-11(15)10(7-12(13)17-5)9-16-14(2,3)4/h7-8,16H,6,9H2,1-5H3. The fourth-order valence-electron chi connectivity index (χ4n) is 1.50. The average Bonchev–Trinajstić information content (AvgIpc) is 2.27. The number of methoxy groups -OCH3 is 1. The van der Waals surface area contributed by atoms with Crippen LogP contribution in [0.25, 0.3) is 0 Å². The Morgan fingerprint density at radius 2 is 1.89 bits per heavy atom. The smallest absolute Gasteiger partial charge is 0.162 e. The topological polar surface area (TPSA) is 30.5 Å². The molecule has 1 aromatic carbocycles. The van der Waals surface area contributed by atoms with Gasteiger partial charge in [0.1, 0.15) is 0 Å². The summed E-state index contributed by atoms with van der Waals surface area (Å²) in [5.74, 6) is 1.54. The van der Waals surface area contributed by atoms with Crippen LogP contribution in [0.5, 0.6) is 11.5 Å². The highest BCUT2D eigenvalue weighted by Gasteiger charge is 2.13. The normalized spacial score (nSPS) is 11.4. The van der Waals surface area contributed by atoms with Crippen molar-refractivity contribution in [2.24, 2.45) is 0 Å². The van der Waals surface area contributed by atoms with E-state index in [1.54, 1.807) is 7.11 Å². The molecule has 18 heavy (non-hydrogen) atoms. The quantitative estimate of drug-likeness (QED) is 0.897. The van der Waals surface area contributed by atoms with Crippen molar-refractivity contribution in [2.45, 2.75) is 39.8 Å². The van der Waals surface area contributed by atoms with Gasteiger partial charge in [-0.1, -0.05) is 15.9 Å². The molecule has 0 bridgehead atoms. The van der Waals surface area contributed by atoms with Gasteiger partial charge in [0.05, 0.1) is 13.7 Å². The lowest BCUT2D eigenvalue weighted by Crippen LogP contribution is -2.35. The van der Waals surface area contributed by atoms with Crippen molar-refractivity contribution in [3.05, 3.63) is 22.2 Å². The summed E-state index contributed by atoms with van der Waals surface area (Å²) in [5.41, 5.74) is 1.25.